The quantitative estimate of drug-likeness (QED) is 0.757. The number of carbonyl (C=O) groups excluding carboxylic acids is 1. The number of benzene rings is 2. The summed E-state index contributed by atoms with van der Waals surface area (Å²) < 4.78 is 37.3. The van der Waals surface area contributed by atoms with Gasteiger partial charge in [-0.05, 0) is 50.2 Å². The highest BCUT2D eigenvalue weighted by Crippen LogP contribution is 2.21. The van der Waals surface area contributed by atoms with E-state index in [1.165, 1.54) is 25.2 Å². The smallest absolute Gasteiger partial charge is 0.255 e. The Hall–Kier alpha value is -2.42. The molecule has 1 fully saturated rings. The van der Waals surface area contributed by atoms with Crippen LogP contribution in [-0.4, -0.2) is 40.7 Å². The molecule has 0 radical (unpaired) electrons. The van der Waals surface area contributed by atoms with E-state index < -0.39 is 15.9 Å². The number of sulfonamides is 1. The fraction of sp³-hybridized carbons (Fsp3) is 0.316. The van der Waals surface area contributed by atoms with Crippen LogP contribution in [0.3, 0.4) is 0 Å². The Morgan fingerprint density at radius 2 is 2.04 bits per heavy atom. The summed E-state index contributed by atoms with van der Waals surface area (Å²) in [7, 11) is -2.29. The van der Waals surface area contributed by atoms with E-state index in [-0.39, 0.29) is 16.6 Å². The van der Waals surface area contributed by atoms with Crippen molar-refractivity contribution in [2.75, 3.05) is 25.6 Å². The van der Waals surface area contributed by atoms with Gasteiger partial charge in [-0.15, -0.1) is 0 Å². The molecule has 0 aliphatic carbocycles. The van der Waals surface area contributed by atoms with Crippen LogP contribution in [0.2, 0.25) is 0 Å². The second-order valence-corrected chi connectivity index (χ2v) is 8.05. The van der Waals surface area contributed by atoms with Crippen molar-refractivity contribution >= 4 is 21.6 Å². The number of nitrogens with one attached hydrogen (secondary N) is 2. The lowest BCUT2D eigenvalue weighted by atomic mass is 10.2. The first-order valence-electron chi connectivity index (χ1n) is 8.67. The normalized spacial score (nSPS) is 16.9. The fourth-order valence-corrected chi connectivity index (χ4v) is 3.53. The minimum absolute atomic E-state index is 0.0336. The lowest BCUT2D eigenvalue weighted by molar-refractivity contribution is 0.0680. The number of hydrogen-bond donors (Lipinski definition) is 2. The van der Waals surface area contributed by atoms with Crippen LogP contribution in [0.4, 0.5) is 5.69 Å². The molecule has 0 bridgehead atoms. The third-order valence-corrected chi connectivity index (χ3v) is 5.64. The molecule has 1 aliphatic heterocycles. The summed E-state index contributed by atoms with van der Waals surface area (Å²) in [6, 6.07) is 12.9. The van der Waals surface area contributed by atoms with Crippen molar-refractivity contribution in [3.63, 3.8) is 0 Å². The topological polar surface area (TPSA) is 93.7 Å². The molecule has 27 heavy (non-hydrogen) atoms. The average Bonchev–Trinajstić information content (AvgIpc) is 3.20. The average molecular weight is 390 g/mol. The van der Waals surface area contributed by atoms with Crippen LogP contribution in [0.25, 0.3) is 0 Å². The maximum Gasteiger partial charge on any atom is 0.255 e. The van der Waals surface area contributed by atoms with Crippen molar-refractivity contribution in [3.8, 4) is 5.75 Å². The zero-order chi connectivity index (χ0) is 19.3. The van der Waals surface area contributed by atoms with Gasteiger partial charge in [-0.2, -0.15) is 0 Å². The molecular formula is C19H22N2O5S. The Labute approximate surface area is 158 Å². The fourth-order valence-electron chi connectivity index (χ4n) is 2.75. The predicted octanol–water partition coefficient (Wildman–Crippen LogP) is 2.40. The van der Waals surface area contributed by atoms with Gasteiger partial charge >= 0.3 is 0 Å². The largest absolute Gasteiger partial charge is 0.491 e. The second-order valence-electron chi connectivity index (χ2n) is 6.16. The summed E-state index contributed by atoms with van der Waals surface area (Å²) in [5.41, 5.74) is 0.809. The molecule has 7 nitrogen and oxygen atoms in total. The van der Waals surface area contributed by atoms with Crippen molar-refractivity contribution in [3.05, 3.63) is 54.1 Å². The molecule has 8 heteroatoms. The van der Waals surface area contributed by atoms with E-state index in [1.807, 2.05) is 6.07 Å². The Bertz CT molecular complexity index is 908. The Morgan fingerprint density at radius 3 is 2.78 bits per heavy atom. The summed E-state index contributed by atoms with van der Waals surface area (Å²) in [5, 5.41) is 2.76. The Morgan fingerprint density at radius 1 is 1.22 bits per heavy atom. The van der Waals surface area contributed by atoms with E-state index in [9.17, 15) is 13.2 Å². The molecule has 1 aliphatic rings. The van der Waals surface area contributed by atoms with Crippen molar-refractivity contribution in [2.24, 2.45) is 0 Å². The van der Waals surface area contributed by atoms with E-state index in [1.54, 1.807) is 24.3 Å². The summed E-state index contributed by atoms with van der Waals surface area (Å²) in [6.07, 6.45) is 2.15. The van der Waals surface area contributed by atoms with E-state index in [2.05, 4.69) is 10.0 Å². The molecule has 0 aromatic heterocycles. The summed E-state index contributed by atoms with van der Waals surface area (Å²) in [4.78, 5) is 12.5. The zero-order valence-corrected chi connectivity index (χ0v) is 15.8. The summed E-state index contributed by atoms with van der Waals surface area (Å²) >= 11 is 0. The predicted molar refractivity (Wildman–Crippen MR) is 102 cm³/mol. The van der Waals surface area contributed by atoms with Gasteiger partial charge in [-0.3, -0.25) is 4.79 Å². The van der Waals surface area contributed by atoms with Crippen LogP contribution in [-0.2, 0) is 14.8 Å². The van der Waals surface area contributed by atoms with E-state index >= 15 is 0 Å². The third-order valence-electron chi connectivity index (χ3n) is 4.23. The van der Waals surface area contributed by atoms with Gasteiger partial charge in [0.1, 0.15) is 12.4 Å². The van der Waals surface area contributed by atoms with Crippen LogP contribution < -0.4 is 14.8 Å². The standard InChI is InChI=1S/C19H22N2O5S/c1-20-27(23,24)18-9-2-5-14(11-18)19(22)21-15-6-3-7-16(12-15)26-13-17-8-4-10-25-17/h2-3,5-7,9,11-12,17,20H,4,8,10,13H2,1H3,(H,21,22)/t17-/m0/s1. The first-order valence-corrected chi connectivity index (χ1v) is 10.2. The Kier molecular flexibility index (Phi) is 6.10. The lowest BCUT2D eigenvalue weighted by Crippen LogP contribution is -2.19. The second kappa shape index (κ2) is 8.51. The zero-order valence-electron chi connectivity index (χ0n) is 15.0. The maximum atomic E-state index is 12.5. The lowest BCUT2D eigenvalue weighted by Gasteiger charge is -2.13. The van der Waals surface area contributed by atoms with E-state index in [0.717, 1.165) is 19.4 Å². The number of carbonyl (C=O) groups is 1. The molecular weight excluding hydrogens is 368 g/mol. The molecule has 2 aromatic rings. The van der Waals surface area contributed by atoms with Gasteiger partial charge in [0.05, 0.1) is 11.0 Å². The van der Waals surface area contributed by atoms with Crippen molar-refractivity contribution in [1.29, 1.82) is 0 Å². The number of rotatable bonds is 7. The highest BCUT2D eigenvalue weighted by Gasteiger charge is 2.17. The molecule has 144 valence electrons. The monoisotopic (exact) mass is 390 g/mol. The first-order chi connectivity index (χ1) is 13.0. The van der Waals surface area contributed by atoms with Crippen molar-refractivity contribution in [2.45, 2.75) is 23.8 Å². The van der Waals surface area contributed by atoms with Gasteiger partial charge in [0, 0.05) is 23.9 Å². The van der Waals surface area contributed by atoms with Crippen LogP contribution in [0.5, 0.6) is 5.75 Å². The van der Waals surface area contributed by atoms with Crippen molar-refractivity contribution < 1.29 is 22.7 Å². The van der Waals surface area contributed by atoms with Gasteiger partial charge in [-0.25, -0.2) is 13.1 Å². The third kappa shape index (κ3) is 5.06. The first kappa shape index (κ1) is 19.3. The van der Waals surface area contributed by atoms with Crippen LogP contribution in [0.15, 0.2) is 53.4 Å². The molecule has 0 unspecified atom stereocenters. The molecule has 1 amide bonds. The molecule has 1 saturated heterocycles. The molecule has 0 saturated carbocycles. The number of anilines is 1. The number of hydrogen-bond acceptors (Lipinski definition) is 5. The Balaban J connectivity index is 1.67. The molecule has 1 atom stereocenters. The minimum atomic E-state index is -3.61. The van der Waals surface area contributed by atoms with E-state index in [0.29, 0.717) is 18.0 Å². The molecule has 0 spiro atoms. The highest BCUT2D eigenvalue weighted by atomic mass is 32.2. The number of amides is 1. The van der Waals surface area contributed by atoms with Gasteiger partial charge in [0.25, 0.3) is 5.91 Å². The molecule has 2 N–H and O–H groups in total. The maximum absolute atomic E-state index is 12.5. The molecule has 1 heterocycles. The highest BCUT2D eigenvalue weighted by molar-refractivity contribution is 7.89. The van der Waals surface area contributed by atoms with Crippen LogP contribution in [0, 0.1) is 0 Å². The van der Waals surface area contributed by atoms with Crippen LogP contribution >= 0.6 is 0 Å². The summed E-state index contributed by atoms with van der Waals surface area (Å²) in [6.45, 7) is 1.24. The van der Waals surface area contributed by atoms with Gasteiger partial charge in [-0.1, -0.05) is 12.1 Å². The van der Waals surface area contributed by atoms with Gasteiger partial charge < -0.3 is 14.8 Å². The molecule has 2 aromatic carbocycles. The van der Waals surface area contributed by atoms with Gasteiger partial charge in [0.2, 0.25) is 10.0 Å². The van der Waals surface area contributed by atoms with E-state index in [4.69, 9.17) is 9.47 Å². The SMILES string of the molecule is CNS(=O)(=O)c1cccc(C(=O)Nc2cccc(OC[C@@H]3CCCO3)c2)c1. The van der Waals surface area contributed by atoms with Crippen LogP contribution in [0.1, 0.15) is 23.2 Å². The van der Waals surface area contributed by atoms with Crippen molar-refractivity contribution in [1.82, 2.24) is 4.72 Å². The number of ether oxygens (including phenoxy) is 2. The minimum Gasteiger partial charge on any atom is -0.491 e. The van der Waals surface area contributed by atoms with Gasteiger partial charge in [0.15, 0.2) is 0 Å². The summed E-state index contributed by atoms with van der Waals surface area (Å²) in [5.74, 6) is 0.231. The molecule has 3 rings (SSSR count).